The smallest absolute Gasteiger partial charge is 0.345 e. The van der Waals surface area contributed by atoms with Crippen LogP contribution < -0.4 is 11.1 Å². The van der Waals surface area contributed by atoms with E-state index < -0.39 is 25.2 Å². The van der Waals surface area contributed by atoms with Crippen LogP contribution in [0.5, 0.6) is 0 Å². The third kappa shape index (κ3) is 7.04. The number of alkyl halides is 3. The molecule has 0 aromatic carbocycles. The van der Waals surface area contributed by atoms with Crippen molar-refractivity contribution in [3.8, 4) is 0 Å². The third-order valence-electron chi connectivity index (χ3n) is 1.65. The minimum absolute atomic E-state index is 0.0586. The molecule has 3 N–H and O–H groups in total. The second kappa shape index (κ2) is 6.31. The molecule has 0 radical (unpaired) electrons. The molecule has 0 fully saturated rings. The van der Waals surface area contributed by atoms with Crippen molar-refractivity contribution >= 4 is 11.8 Å². The third-order valence-corrected chi connectivity index (χ3v) is 1.65. The minimum Gasteiger partial charge on any atom is -0.345 e. The Hall–Kier alpha value is -1.31. The van der Waals surface area contributed by atoms with Gasteiger partial charge in [0.1, 0.15) is 6.54 Å². The van der Waals surface area contributed by atoms with Crippen LogP contribution in [-0.4, -0.2) is 49.6 Å². The normalized spacial score (nSPS) is 11.1. The van der Waals surface area contributed by atoms with E-state index in [0.717, 1.165) is 4.90 Å². The Balaban J connectivity index is 3.92. The van der Waals surface area contributed by atoms with Crippen LogP contribution >= 0.6 is 0 Å². The van der Waals surface area contributed by atoms with Gasteiger partial charge in [-0.1, -0.05) is 0 Å². The summed E-state index contributed by atoms with van der Waals surface area (Å²) in [6.45, 7) is -1.67. The fourth-order valence-electron chi connectivity index (χ4n) is 0.873. The van der Waals surface area contributed by atoms with Crippen molar-refractivity contribution < 1.29 is 22.8 Å². The summed E-state index contributed by atoms with van der Waals surface area (Å²) in [5, 5.41) is 1.66. The Bertz CT molecular complexity index is 255. The maximum absolute atomic E-state index is 11.7. The molecular formula is C8H14F3N3O2. The highest BCUT2D eigenvalue weighted by Gasteiger charge is 2.27. The van der Waals surface area contributed by atoms with Gasteiger partial charge in [-0.25, -0.2) is 0 Å². The van der Waals surface area contributed by atoms with Crippen LogP contribution in [0.15, 0.2) is 0 Å². The van der Waals surface area contributed by atoms with Gasteiger partial charge in [-0.3, -0.25) is 9.59 Å². The number of carbonyl (C=O) groups excluding carboxylic acids is 2. The molecule has 0 aliphatic heterocycles. The highest BCUT2D eigenvalue weighted by molar-refractivity contribution is 5.84. The van der Waals surface area contributed by atoms with Crippen LogP contribution in [0.2, 0.25) is 0 Å². The maximum atomic E-state index is 11.7. The average Bonchev–Trinajstić information content (AvgIpc) is 2.14. The van der Waals surface area contributed by atoms with Crippen molar-refractivity contribution in [3.05, 3.63) is 0 Å². The first-order valence-corrected chi connectivity index (χ1v) is 4.53. The van der Waals surface area contributed by atoms with Crippen molar-refractivity contribution in [3.63, 3.8) is 0 Å². The summed E-state index contributed by atoms with van der Waals surface area (Å²) >= 11 is 0. The molecule has 0 rings (SSSR count). The van der Waals surface area contributed by atoms with Crippen LogP contribution in [0.1, 0.15) is 6.42 Å². The first-order chi connectivity index (χ1) is 7.26. The van der Waals surface area contributed by atoms with E-state index in [4.69, 9.17) is 5.73 Å². The number of amides is 2. The predicted octanol–water partition coefficient (Wildman–Crippen LogP) is -0.528. The molecule has 5 nitrogen and oxygen atoms in total. The number of hydrogen-bond acceptors (Lipinski definition) is 3. The molecule has 0 spiro atoms. The van der Waals surface area contributed by atoms with E-state index in [2.05, 4.69) is 0 Å². The maximum Gasteiger partial charge on any atom is 0.405 e. The molecule has 0 aromatic heterocycles. The number of nitrogens with one attached hydrogen (secondary N) is 1. The largest absolute Gasteiger partial charge is 0.405 e. The average molecular weight is 241 g/mol. The molecule has 0 atom stereocenters. The van der Waals surface area contributed by atoms with Crippen molar-refractivity contribution in [2.75, 3.05) is 26.7 Å². The Morgan fingerprint density at radius 2 is 1.94 bits per heavy atom. The molecule has 8 heteroatoms. The lowest BCUT2D eigenvalue weighted by Gasteiger charge is -2.16. The van der Waals surface area contributed by atoms with Gasteiger partial charge in [-0.15, -0.1) is 0 Å². The molecule has 0 aliphatic carbocycles. The molecule has 94 valence electrons. The highest BCUT2D eigenvalue weighted by Crippen LogP contribution is 2.11. The molecular weight excluding hydrogens is 227 g/mol. The topological polar surface area (TPSA) is 75.4 Å². The van der Waals surface area contributed by atoms with Crippen molar-refractivity contribution in [1.82, 2.24) is 10.2 Å². The van der Waals surface area contributed by atoms with E-state index >= 15 is 0 Å². The lowest BCUT2D eigenvalue weighted by molar-refractivity contribution is -0.141. The first-order valence-electron chi connectivity index (χ1n) is 4.53. The number of likely N-dealkylation sites (N-methyl/N-ethyl adjacent to an activating group) is 1. The lowest BCUT2D eigenvalue weighted by atomic mass is 10.3. The fraction of sp³-hybridized carbons (Fsp3) is 0.750. The lowest BCUT2D eigenvalue weighted by Crippen LogP contribution is -2.42. The molecule has 16 heavy (non-hydrogen) atoms. The van der Waals surface area contributed by atoms with Crippen LogP contribution in [0.4, 0.5) is 13.2 Å². The van der Waals surface area contributed by atoms with Gasteiger partial charge in [0.25, 0.3) is 0 Å². The molecule has 0 aromatic rings. The van der Waals surface area contributed by atoms with Gasteiger partial charge in [0.15, 0.2) is 0 Å². The quantitative estimate of drug-likeness (QED) is 0.679. The van der Waals surface area contributed by atoms with Gasteiger partial charge in [0.05, 0.1) is 6.54 Å². The van der Waals surface area contributed by atoms with Gasteiger partial charge in [-0.05, 0) is 0 Å². The summed E-state index contributed by atoms with van der Waals surface area (Å²) in [7, 11) is 1.32. The summed E-state index contributed by atoms with van der Waals surface area (Å²) in [5.74, 6) is -1.24. The SMILES string of the molecule is CN(CC(=O)NCC(F)(F)F)C(=O)CCN. The highest BCUT2D eigenvalue weighted by atomic mass is 19.4. The first kappa shape index (κ1) is 14.7. The number of carbonyl (C=O) groups is 2. The van der Waals surface area contributed by atoms with Crippen LogP contribution in [0.25, 0.3) is 0 Å². The summed E-state index contributed by atoms with van der Waals surface area (Å²) < 4.78 is 35.2. The van der Waals surface area contributed by atoms with Gasteiger partial charge in [0.2, 0.25) is 11.8 Å². The Morgan fingerprint density at radius 3 is 2.38 bits per heavy atom. The predicted molar refractivity (Wildman–Crippen MR) is 50.4 cm³/mol. The Morgan fingerprint density at radius 1 is 1.38 bits per heavy atom. The molecule has 0 bridgehead atoms. The van der Waals surface area contributed by atoms with Gasteiger partial charge >= 0.3 is 6.18 Å². The minimum atomic E-state index is -4.45. The van der Waals surface area contributed by atoms with Crippen molar-refractivity contribution in [2.24, 2.45) is 5.73 Å². The van der Waals surface area contributed by atoms with Crippen LogP contribution in [-0.2, 0) is 9.59 Å². The van der Waals surface area contributed by atoms with E-state index in [1.807, 2.05) is 0 Å². The second-order valence-corrected chi connectivity index (χ2v) is 3.18. The number of hydrogen-bond donors (Lipinski definition) is 2. The van der Waals surface area contributed by atoms with Crippen LogP contribution in [0, 0.1) is 0 Å². The fourth-order valence-corrected chi connectivity index (χ4v) is 0.873. The molecule has 0 aliphatic rings. The molecule has 0 saturated carbocycles. The van der Waals surface area contributed by atoms with E-state index in [-0.39, 0.29) is 18.9 Å². The molecule has 0 saturated heterocycles. The zero-order chi connectivity index (χ0) is 12.8. The Kier molecular flexibility index (Phi) is 5.79. The standard InChI is InChI=1S/C8H14F3N3O2/c1-14(7(16)2-3-12)4-6(15)13-5-8(9,10)11/h2-5,12H2,1H3,(H,13,15). The second-order valence-electron chi connectivity index (χ2n) is 3.18. The van der Waals surface area contributed by atoms with E-state index in [1.165, 1.54) is 7.05 Å². The summed E-state index contributed by atoms with van der Waals surface area (Å²) in [6.07, 6.45) is -4.39. The van der Waals surface area contributed by atoms with Gasteiger partial charge in [-0.2, -0.15) is 13.2 Å². The molecule has 2 amide bonds. The van der Waals surface area contributed by atoms with E-state index in [9.17, 15) is 22.8 Å². The molecule has 0 unspecified atom stereocenters. The number of nitrogens with zero attached hydrogens (tertiary/aromatic N) is 1. The summed E-state index contributed by atoms with van der Waals surface area (Å²) in [5.41, 5.74) is 5.12. The number of nitrogens with two attached hydrogens (primary N) is 1. The summed E-state index contributed by atoms with van der Waals surface area (Å²) in [6, 6.07) is 0. The Labute approximate surface area is 90.8 Å². The van der Waals surface area contributed by atoms with E-state index in [1.54, 1.807) is 5.32 Å². The van der Waals surface area contributed by atoms with E-state index in [0.29, 0.717) is 0 Å². The summed E-state index contributed by atoms with van der Waals surface area (Å²) in [4.78, 5) is 23.1. The van der Waals surface area contributed by atoms with Crippen LogP contribution in [0.3, 0.4) is 0 Å². The molecule has 0 heterocycles. The zero-order valence-corrected chi connectivity index (χ0v) is 8.80. The zero-order valence-electron chi connectivity index (χ0n) is 8.80. The van der Waals surface area contributed by atoms with Gasteiger partial charge in [0, 0.05) is 20.0 Å². The monoisotopic (exact) mass is 241 g/mol. The number of halogens is 3. The van der Waals surface area contributed by atoms with Crippen molar-refractivity contribution in [1.29, 1.82) is 0 Å². The van der Waals surface area contributed by atoms with Crippen molar-refractivity contribution in [2.45, 2.75) is 12.6 Å². The van der Waals surface area contributed by atoms with Gasteiger partial charge < -0.3 is 16.0 Å². The number of rotatable bonds is 5.